The van der Waals surface area contributed by atoms with Crippen molar-refractivity contribution in [1.29, 1.82) is 0 Å². The summed E-state index contributed by atoms with van der Waals surface area (Å²) in [6.45, 7) is 3.44. The smallest absolute Gasteiger partial charge is 0.152 e. The van der Waals surface area contributed by atoms with Crippen LogP contribution in [0.15, 0.2) is 30.5 Å². The molecule has 7 nitrogen and oxygen atoms in total. The number of imidazole rings is 1. The van der Waals surface area contributed by atoms with Crippen molar-refractivity contribution in [2.24, 2.45) is 0 Å². The molecule has 1 aliphatic rings. The molecule has 3 heterocycles. The summed E-state index contributed by atoms with van der Waals surface area (Å²) in [7, 11) is 0. The average Bonchev–Trinajstić information content (AvgIpc) is 3.33. The number of aromatic nitrogens is 5. The van der Waals surface area contributed by atoms with Crippen molar-refractivity contribution >= 4 is 27.8 Å². The molecule has 1 aromatic carbocycles. The molecule has 1 fully saturated rings. The molecule has 3 aromatic heterocycles. The number of nitrogens with two attached hydrogens (primary N) is 1. The van der Waals surface area contributed by atoms with Crippen LogP contribution in [-0.4, -0.2) is 31.3 Å². The average molecular weight is 390 g/mol. The zero-order valence-corrected chi connectivity index (χ0v) is 16.7. The molecule has 4 aromatic rings. The number of fused-ring (bicyclic) bond motifs is 3. The van der Waals surface area contributed by atoms with Crippen molar-refractivity contribution in [3.8, 4) is 11.3 Å². The van der Waals surface area contributed by atoms with Gasteiger partial charge in [-0.15, -0.1) is 0 Å². The number of H-pyrrole nitrogens is 1. The second kappa shape index (κ2) is 7.48. The summed E-state index contributed by atoms with van der Waals surface area (Å²) in [5.74, 6) is 1.43. The van der Waals surface area contributed by atoms with Gasteiger partial charge in [0.2, 0.25) is 0 Å². The minimum atomic E-state index is 0.460. The standard InChI is InChI=1S/C22H26N6O/c1-2-3-11-29-13-19-26-20-21(28(19)15-5-4-6-15)16-8-7-14(17-9-10-24-27-17)12-18(16)25-22(20)23/h7-10,12,15H,2-6,11,13H2,1H3,(H2,23,25)(H,24,27). The van der Waals surface area contributed by atoms with Gasteiger partial charge >= 0.3 is 0 Å². The molecule has 0 bridgehead atoms. The van der Waals surface area contributed by atoms with Crippen molar-refractivity contribution in [2.75, 3.05) is 12.3 Å². The van der Waals surface area contributed by atoms with Gasteiger partial charge in [0.25, 0.3) is 0 Å². The summed E-state index contributed by atoms with van der Waals surface area (Å²) in [5.41, 5.74) is 11.1. The van der Waals surface area contributed by atoms with Crippen molar-refractivity contribution in [3.63, 3.8) is 0 Å². The highest BCUT2D eigenvalue weighted by molar-refractivity contribution is 6.07. The normalized spacial score (nSPS) is 14.7. The highest BCUT2D eigenvalue weighted by Crippen LogP contribution is 2.39. The van der Waals surface area contributed by atoms with Crippen LogP contribution in [0.1, 0.15) is 50.9 Å². The van der Waals surface area contributed by atoms with Gasteiger partial charge in [0.15, 0.2) is 5.82 Å². The molecule has 0 radical (unpaired) electrons. The summed E-state index contributed by atoms with van der Waals surface area (Å²) < 4.78 is 8.28. The number of rotatable bonds is 7. The lowest BCUT2D eigenvalue weighted by Gasteiger charge is -2.29. The Morgan fingerprint density at radius 3 is 2.86 bits per heavy atom. The number of anilines is 1. The lowest BCUT2D eigenvalue weighted by atomic mass is 9.92. The summed E-state index contributed by atoms with van der Waals surface area (Å²) in [6.07, 6.45) is 7.53. The maximum Gasteiger partial charge on any atom is 0.152 e. The van der Waals surface area contributed by atoms with E-state index in [4.69, 9.17) is 15.5 Å². The lowest BCUT2D eigenvalue weighted by Crippen LogP contribution is -2.20. The first-order valence-electron chi connectivity index (χ1n) is 10.4. The summed E-state index contributed by atoms with van der Waals surface area (Å²) in [6, 6.07) is 8.70. The molecule has 29 heavy (non-hydrogen) atoms. The maximum absolute atomic E-state index is 6.36. The number of hydrogen-bond donors (Lipinski definition) is 2. The van der Waals surface area contributed by atoms with E-state index in [9.17, 15) is 0 Å². The lowest BCUT2D eigenvalue weighted by molar-refractivity contribution is 0.107. The molecule has 0 atom stereocenters. The Kier molecular flexibility index (Phi) is 4.67. The van der Waals surface area contributed by atoms with Crippen LogP contribution in [0.2, 0.25) is 0 Å². The van der Waals surface area contributed by atoms with Crippen LogP contribution >= 0.6 is 0 Å². The van der Waals surface area contributed by atoms with E-state index in [0.29, 0.717) is 18.5 Å². The molecule has 1 saturated carbocycles. The minimum Gasteiger partial charge on any atom is -0.382 e. The van der Waals surface area contributed by atoms with Gasteiger partial charge < -0.3 is 15.0 Å². The SMILES string of the molecule is CCCCOCc1nc2c(N)nc3cc(-c4ccn[nH]4)ccc3c2n1C1CCC1. The number of hydrogen-bond acceptors (Lipinski definition) is 5. The van der Waals surface area contributed by atoms with Crippen molar-refractivity contribution in [1.82, 2.24) is 24.7 Å². The number of nitrogen functional groups attached to an aromatic ring is 1. The third-order valence-electron chi connectivity index (χ3n) is 5.85. The zero-order valence-electron chi connectivity index (χ0n) is 16.7. The summed E-state index contributed by atoms with van der Waals surface area (Å²) in [5, 5.41) is 8.14. The topological polar surface area (TPSA) is 94.6 Å². The van der Waals surface area contributed by atoms with E-state index in [1.165, 1.54) is 19.3 Å². The van der Waals surface area contributed by atoms with Crippen LogP contribution in [0.4, 0.5) is 5.82 Å². The van der Waals surface area contributed by atoms with E-state index < -0.39 is 0 Å². The van der Waals surface area contributed by atoms with Crippen LogP contribution in [-0.2, 0) is 11.3 Å². The predicted octanol–water partition coefficient (Wildman–Crippen LogP) is 4.60. The Bertz CT molecular complexity index is 1140. The Balaban J connectivity index is 1.65. The molecular formula is C22H26N6O. The molecular weight excluding hydrogens is 364 g/mol. The third kappa shape index (κ3) is 3.15. The predicted molar refractivity (Wildman–Crippen MR) is 114 cm³/mol. The third-order valence-corrected chi connectivity index (χ3v) is 5.85. The van der Waals surface area contributed by atoms with E-state index in [-0.39, 0.29) is 0 Å². The van der Waals surface area contributed by atoms with Gasteiger partial charge in [0.05, 0.1) is 16.7 Å². The van der Waals surface area contributed by atoms with Gasteiger partial charge in [-0.3, -0.25) is 5.10 Å². The van der Waals surface area contributed by atoms with Crippen LogP contribution < -0.4 is 5.73 Å². The molecule has 0 saturated heterocycles. The van der Waals surface area contributed by atoms with Crippen LogP contribution in [0, 0.1) is 0 Å². The first kappa shape index (κ1) is 18.1. The number of ether oxygens (including phenoxy) is 1. The van der Waals surface area contributed by atoms with Gasteiger partial charge in [-0.2, -0.15) is 5.10 Å². The molecule has 0 aliphatic heterocycles. The van der Waals surface area contributed by atoms with Gasteiger partial charge in [-0.25, -0.2) is 9.97 Å². The molecule has 0 unspecified atom stereocenters. The molecule has 1 aliphatic carbocycles. The fraction of sp³-hybridized carbons (Fsp3) is 0.409. The first-order chi connectivity index (χ1) is 14.3. The number of nitrogens with one attached hydrogen (secondary N) is 1. The second-order valence-electron chi connectivity index (χ2n) is 7.79. The minimum absolute atomic E-state index is 0.460. The Morgan fingerprint density at radius 1 is 1.24 bits per heavy atom. The number of pyridine rings is 1. The van der Waals surface area contributed by atoms with Crippen LogP contribution in [0.5, 0.6) is 0 Å². The molecule has 0 spiro atoms. The van der Waals surface area contributed by atoms with Crippen molar-refractivity contribution < 1.29 is 4.74 Å². The molecule has 0 amide bonds. The van der Waals surface area contributed by atoms with E-state index in [2.05, 4.69) is 44.9 Å². The summed E-state index contributed by atoms with van der Waals surface area (Å²) in [4.78, 5) is 9.54. The Morgan fingerprint density at radius 2 is 2.14 bits per heavy atom. The fourth-order valence-corrected chi connectivity index (χ4v) is 4.06. The number of nitrogens with zero attached hydrogens (tertiary/aromatic N) is 4. The Labute approximate surface area is 169 Å². The number of unbranched alkanes of at least 4 members (excludes halogenated alkanes) is 1. The van der Waals surface area contributed by atoms with E-state index >= 15 is 0 Å². The van der Waals surface area contributed by atoms with Gasteiger partial charge in [0, 0.05) is 29.8 Å². The first-order valence-corrected chi connectivity index (χ1v) is 10.4. The van der Waals surface area contributed by atoms with Crippen LogP contribution in [0.3, 0.4) is 0 Å². The monoisotopic (exact) mass is 390 g/mol. The number of aromatic amines is 1. The van der Waals surface area contributed by atoms with Crippen LogP contribution in [0.25, 0.3) is 33.2 Å². The number of benzene rings is 1. The van der Waals surface area contributed by atoms with E-state index in [1.54, 1.807) is 6.20 Å². The summed E-state index contributed by atoms with van der Waals surface area (Å²) >= 11 is 0. The van der Waals surface area contributed by atoms with Gasteiger partial charge in [0.1, 0.15) is 17.9 Å². The largest absolute Gasteiger partial charge is 0.382 e. The second-order valence-corrected chi connectivity index (χ2v) is 7.79. The fourth-order valence-electron chi connectivity index (χ4n) is 4.06. The molecule has 7 heteroatoms. The molecule has 150 valence electrons. The van der Waals surface area contributed by atoms with E-state index in [1.807, 2.05) is 6.07 Å². The maximum atomic E-state index is 6.36. The van der Waals surface area contributed by atoms with Crippen molar-refractivity contribution in [2.45, 2.75) is 51.7 Å². The van der Waals surface area contributed by atoms with Gasteiger partial charge in [-0.05, 0) is 43.9 Å². The van der Waals surface area contributed by atoms with E-state index in [0.717, 1.165) is 58.5 Å². The molecule has 5 rings (SSSR count). The van der Waals surface area contributed by atoms with Gasteiger partial charge in [-0.1, -0.05) is 19.4 Å². The Hall–Kier alpha value is -2.93. The van der Waals surface area contributed by atoms with Crippen molar-refractivity contribution in [3.05, 3.63) is 36.3 Å². The quantitative estimate of drug-likeness (QED) is 0.450. The molecule has 3 N–H and O–H groups in total. The zero-order chi connectivity index (χ0) is 19.8. The highest BCUT2D eigenvalue weighted by Gasteiger charge is 2.27. The highest BCUT2D eigenvalue weighted by atomic mass is 16.5.